The van der Waals surface area contributed by atoms with Crippen LogP contribution in [0.25, 0.3) is 76.2 Å². The molecule has 0 atom stereocenters. The van der Waals surface area contributed by atoms with Gasteiger partial charge in [-0.25, -0.2) is 0 Å². The van der Waals surface area contributed by atoms with Crippen LogP contribution in [-0.4, -0.2) is 0 Å². The number of rotatable bonds is 4. The number of fused-ring (bicyclic) bond motifs is 10. The predicted octanol–water partition coefficient (Wildman–Crippen LogP) is 13.3. The number of nitrogens with zero attached hydrogens (tertiary/aromatic N) is 1. The van der Waals surface area contributed by atoms with Gasteiger partial charge in [0, 0.05) is 27.5 Å². The van der Waals surface area contributed by atoms with Crippen molar-refractivity contribution in [2.45, 2.75) is 0 Å². The van der Waals surface area contributed by atoms with Crippen molar-refractivity contribution >= 4 is 82.1 Å². The van der Waals surface area contributed by atoms with Gasteiger partial charge in [-0.3, -0.25) is 0 Å². The normalized spacial score (nSPS) is 11.8. The molecule has 0 aliphatic heterocycles. The van der Waals surface area contributed by atoms with E-state index in [9.17, 15) is 0 Å². The van der Waals surface area contributed by atoms with Crippen molar-refractivity contribution in [3.8, 4) is 11.1 Å². The van der Waals surface area contributed by atoms with E-state index in [-0.39, 0.29) is 0 Å². The van der Waals surface area contributed by atoms with Gasteiger partial charge >= 0.3 is 0 Å². The molecule has 0 aliphatic rings. The lowest BCUT2D eigenvalue weighted by Crippen LogP contribution is -2.10. The minimum atomic E-state index is 0.905. The lowest BCUT2D eigenvalue weighted by molar-refractivity contribution is 0.669. The summed E-state index contributed by atoms with van der Waals surface area (Å²) in [4.78, 5) is 2.42. The molecule has 10 rings (SSSR count). The van der Waals surface area contributed by atoms with Crippen LogP contribution in [0.1, 0.15) is 0 Å². The van der Waals surface area contributed by atoms with Gasteiger partial charge in [-0.1, -0.05) is 133 Å². The zero-order valence-corrected chi connectivity index (χ0v) is 26.1. The molecule has 0 N–H and O–H groups in total. The van der Waals surface area contributed by atoms with E-state index in [2.05, 4.69) is 175 Å². The van der Waals surface area contributed by atoms with Crippen LogP contribution in [0.4, 0.5) is 17.1 Å². The lowest BCUT2D eigenvalue weighted by Gasteiger charge is -2.28. The molecule has 0 amide bonds. The van der Waals surface area contributed by atoms with E-state index in [1.165, 1.54) is 54.2 Å². The Hall–Kier alpha value is -6.38. The molecule has 0 bridgehead atoms. The molecule has 1 heterocycles. The van der Waals surface area contributed by atoms with Crippen LogP contribution in [0.15, 0.2) is 180 Å². The summed E-state index contributed by atoms with van der Waals surface area (Å²) in [5.41, 5.74) is 7.55. The van der Waals surface area contributed by atoms with Gasteiger partial charge in [0.2, 0.25) is 0 Å². The topological polar surface area (TPSA) is 16.4 Å². The van der Waals surface area contributed by atoms with Gasteiger partial charge in [-0.05, 0) is 91.3 Å². The Morgan fingerprint density at radius 2 is 0.938 bits per heavy atom. The standard InChI is InChI=1S/C46H29NO/c1-2-10-30(11-3-1)31-20-24-35(25-21-31)47(36-26-22-33-23-27-44-46(41(33)29-36)40-16-8-9-17-43(40)48-44)42-28-34-19-18-32-12-4-5-13-37(32)45(34)39-15-7-6-14-38(39)42/h1-29H. The van der Waals surface area contributed by atoms with Crippen LogP contribution in [0.3, 0.4) is 0 Å². The second kappa shape index (κ2) is 10.6. The molecule has 10 aromatic rings. The van der Waals surface area contributed by atoms with Crippen molar-refractivity contribution in [3.63, 3.8) is 0 Å². The van der Waals surface area contributed by atoms with E-state index in [0.29, 0.717) is 0 Å². The maximum absolute atomic E-state index is 6.31. The van der Waals surface area contributed by atoms with E-state index in [4.69, 9.17) is 4.42 Å². The molecule has 48 heavy (non-hydrogen) atoms. The van der Waals surface area contributed by atoms with Crippen molar-refractivity contribution in [2.75, 3.05) is 4.90 Å². The molecule has 1 aromatic heterocycles. The van der Waals surface area contributed by atoms with Gasteiger partial charge in [0.05, 0.1) is 5.69 Å². The first-order chi connectivity index (χ1) is 23.8. The number of anilines is 3. The third kappa shape index (κ3) is 4.13. The van der Waals surface area contributed by atoms with Crippen LogP contribution in [0.2, 0.25) is 0 Å². The van der Waals surface area contributed by atoms with Gasteiger partial charge in [0.15, 0.2) is 0 Å². The molecule has 224 valence electrons. The summed E-state index contributed by atoms with van der Waals surface area (Å²) >= 11 is 0. The Kier molecular flexibility index (Phi) is 5.91. The first-order valence-electron chi connectivity index (χ1n) is 16.4. The summed E-state index contributed by atoms with van der Waals surface area (Å²) in [7, 11) is 0. The fraction of sp³-hybridized carbons (Fsp3) is 0. The van der Waals surface area contributed by atoms with Crippen LogP contribution in [0, 0.1) is 0 Å². The number of benzene rings is 9. The van der Waals surface area contributed by atoms with E-state index in [1.54, 1.807) is 0 Å². The van der Waals surface area contributed by atoms with E-state index in [1.807, 2.05) is 6.07 Å². The van der Waals surface area contributed by atoms with E-state index < -0.39 is 0 Å². The number of para-hydroxylation sites is 1. The van der Waals surface area contributed by atoms with E-state index >= 15 is 0 Å². The second-order valence-corrected chi connectivity index (χ2v) is 12.5. The molecule has 0 saturated carbocycles. The minimum Gasteiger partial charge on any atom is -0.456 e. The van der Waals surface area contributed by atoms with Gasteiger partial charge in [-0.2, -0.15) is 0 Å². The molecule has 0 spiro atoms. The Morgan fingerprint density at radius 1 is 0.333 bits per heavy atom. The summed E-state index contributed by atoms with van der Waals surface area (Å²) in [5, 5.41) is 12.1. The van der Waals surface area contributed by atoms with Crippen LogP contribution in [0.5, 0.6) is 0 Å². The summed E-state index contributed by atoms with van der Waals surface area (Å²) in [6.45, 7) is 0. The second-order valence-electron chi connectivity index (χ2n) is 12.5. The maximum atomic E-state index is 6.31. The Labute approximate surface area is 277 Å². The predicted molar refractivity (Wildman–Crippen MR) is 204 cm³/mol. The van der Waals surface area contributed by atoms with Gasteiger partial charge in [-0.15, -0.1) is 0 Å². The number of hydrogen-bond acceptors (Lipinski definition) is 2. The van der Waals surface area contributed by atoms with Crippen molar-refractivity contribution < 1.29 is 4.42 Å². The van der Waals surface area contributed by atoms with Crippen molar-refractivity contribution in [1.29, 1.82) is 0 Å². The molecular weight excluding hydrogens is 583 g/mol. The molecule has 0 fully saturated rings. The molecule has 0 aliphatic carbocycles. The Bertz CT molecular complexity index is 2830. The fourth-order valence-corrected chi connectivity index (χ4v) is 7.57. The first kappa shape index (κ1) is 26.8. The lowest BCUT2D eigenvalue weighted by atomic mass is 9.94. The smallest absolute Gasteiger partial charge is 0.136 e. The third-order valence-electron chi connectivity index (χ3n) is 9.80. The van der Waals surface area contributed by atoms with Crippen LogP contribution >= 0.6 is 0 Å². The molecular formula is C46H29NO. The Balaban J connectivity index is 1.27. The average Bonchev–Trinajstić information content (AvgIpc) is 3.55. The van der Waals surface area contributed by atoms with Crippen molar-refractivity contribution in [2.24, 2.45) is 0 Å². The Morgan fingerprint density at radius 3 is 1.79 bits per heavy atom. The van der Waals surface area contributed by atoms with Crippen LogP contribution < -0.4 is 4.90 Å². The molecule has 9 aromatic carbocycles. The SMILES string of the molecule is c1ccc(-c2ccc(N(c3ccc4ccc5oc6ccccc6c5c4c3)c3cc4ccc5ccccc5c4c4ccccc34)cc2)cc1. The van der Waals surface area contributed by atoms with Crippen molar-refractivity contribution in [3.05, 3.63) is 176 Å². The van der Waals surface area contributed by atoms with E-state index in [0.717, 1.165) is 39.0 Å². The highest BCUT2D eigenvalue weighted by Crippen LogP contribution is 2.45. The first-order valence-corrected chi connectivity index (χ1v) is 16.4. The molecule has 2 heteroatoms. The minimum absolute atomic E-state index is 0.905. The number of hydrogen-bond donors (Lipinski definition) is 0. The number of furan rings is 1. The van der Waals surface area contributed by atoms with Crippen molar-refractivity contribution in [1.82, 2.24) is 0 Å². The zero-order chi connectivity index (χ0) is 31.6. The highest BCUT2D eigenvalue weighted by atomic mass is 16.3. The maximum Gasteiger partial charge on any atom is 0.136 e. The van der Waals surface area contributed by atoms with Gasteiger partial charge in [0.25, 0.3) is 0 Å². The molecule has 0 saturated heterocycles. The average molecular weight is 612 g/mol. The highest BCUT2D eigenvalue weighted by molar-refractivity contribution is 6.24. The third-order valence-corrected chi connectivity index (χ3v) is 9.80. The molecule has 0 radical (unpaired) electrons. The summed E-state index contributed by atoms with van der Waals surface area (Å²) in [5.74, 6) is 0. The summed E-state index contributed by atoms with van der Waals surface area (Å²) < 4.78 is 6.31. The largest absolute Gasteiger partial charge is 0.456 e. The quantitative estimate of drug-likeness (QED) is 0.184. The monoisotopic (exact) mass is 611 g/mol. The highest BCUT2D eigenvalue weighted by Gasteiger charge is 2.20. The zero-order valence-electron chi connectivity index (χ0n) is 26.1. The van der Waals surface area contributed by atoms with Gasteiger partial charge < -0.3 is 9.32 Å². The summed E-state index contributed by atoms with van der Waals surface area (Å²) in [6, 6.07) is 63.4. The molecule has 2 nitrogen and oxygen atoms in total. The van der Waals surface area contributed by atoms with Crippen LogP contribution in [-0.2, 0) is 0 Å². The van der Waals surface area contributed by atoms with Gasteiger partial charge in [0.1, 0.15) is 11.2 Å². The fourth-order valence-electron chi connectivity index (χ4n) is 7.57. The summed E-state index contributed by atoms with van der Waals surface area (Å²) in [6.07, 6.45) is 0. The molecule has 0 unspecified atom stereocenters.